The highest BCUT2D eigenvalue weighted by molar-refractivity contribution is 5.97. The molecule has 1 fully saturated rings. The third-order valence-electron chi connectivity index (χ3n) is 4.52. The number of carbonyl (C=O) groups is 1. The van der Waals surface area contributed by atoms with Gasteiger partial charge in [-0.2, -0.15) is 18.2 Å². The van der Waals surface area contributed by atoms with Crippen LogP contribution in [-0.4, -0.2) is 37.7 Å². The first kappa shape index (κ1) is 16.6. The van der Waals surface area contributed by atoms with Crippen molar-refractivity contribution in [2.24, 2.45) is 5.41 Å². The van der Waals surface area contributed by atoms with Crippen molar-refractivity contribution in [3.63, 3.8) is 0 Å². The fourth-order valence-corrected chi connectivity index (χ4v) is 2.76. The summed E-state index contributed by atoms with van der Waals surface area (Å²) in [6.07, 6.45) is -3.64. The number of fused-ring (bicyclic) bond motifs is 1. The molecular weight excluding hydrogens is 323 g/mol. The zero-order valence-corrected chi connectivity index (χ0v) is 13.4. The van der Waals surface area contributed by atoms with Crippen molar-refractivity contribution in [1.82, 2.24) is 10.3 Å². The first-order valence-electron chi connectivity index (χ1n) is 7.65. The quantitative estimate of drug-likeness (QED) is 0.926. The van der Waals surface area contributed by atoms with Crippen LogP contribution in [0.15, 0.2) is 22.6 Å². The third kappa shape index (κ3) is 2.81. The molecule has 0 radical (unpaired) electrons. The molecule has 130 valence electrons. The monoisotopic (exact) mass is 341 g/mol. The molecule has 1 aliphatic carbocycles. The number of benzene rings is 1. The minimum atomic E-state index is -4.30. The van der Waals surface area contributed by atoms with E-state index in [1.54, 1.807) is 25.1 Å². The van der Waals surface area contributed by atoms with Gasteiger partial charge in [0, 0.05) is 26.2 Å². The number of nitrogens with zero attached hydrogens (tertiary/aromatic N) is 2. The summed E-state index contributed by atoms with van der Waals surface area (Å²) in [6.45, 7) is -0.394. The molecule has 1 aromatic carbocycles. The average Bonchev–Trinajstić information content (AvgIpc) is 2.87. The van der Waals surface area contributed by atoms with Crippen LogP contribution in [0.3, 0.4) is 0 Å². The lowest BCUT2D eigenvalue weighted by Crippen LogP contribution is -2.51. The number of nitrogens with one attached hydrogen (secondary N) is 1. The Morgan fingerprint density at radius 2 is 2.08 bits per heavy atom. The number of oxazole rings is 1. The minimum Gasteiger partial charge on any atom is -0.423 e. The maximum atomic E-state index is 13.1. The molecule has 0 saturated heterocycles. The molecule has 0 bridgehead atoms. The fraction of sp³-hybridized carbons (Fsp3) is 0.500. The van der Waals surface area contributed by atoms with Crippen LogP contribution in [0.5, 0.6) is 0 Å². The van der Waals surface area contributed by atoms with Crippen LogP contribution in [0.2, 0.25) is 0 Å². The van der Waals surface area contributed by atoms with Gasteiger partial charge in [-0.05, 0) is 31.0 Å². The lowest BCUT2D eigenvalue weighted by Gasteiger charge is -2.43. The second-order valence-electron chi connectivity index (χ2n) is 6.39. The molecule has 8 heteroatoms. The first-order valence-corrected chi connectivity index (χ1v) is 7.65. The molecule has 0 atom stereocenters. The highest BCUT2D eigenvalue weighted by Gasteiger charge is 2.58. The number of amides is 1. The molecule has 0 unspecified atom stereocenters. The standard InChI is InChI=1S/C16H18F3N3O2/c1-22(2)14-21-11-8-10(4-5-12(11)24-14)13(23)20-9-15(6-3-7-15)16(17,18)19/h4-5,8H,3,6-7,9H2,1-2H3,(H,20,23). The number of alkyl halides is 3. The number of carbonyl (C=O) groups excluding carboxylic acids is 1. The van der Waals surface area contributed by atoms with Gasteiger partial charge in [0.1, 0.15) is 5.52 Å². The van der Waals surface area contributed by atoms with E-state index in [4.69, 9.17) is 4.42 Å². The van der Waals surface area contributed by atoms with Crippen LogP contribution in [0, 0.1) is 5.41 Å². The Kier molecular flexibility index (Phi) is 3.93. The highest BCUT2D eigenvalue weighted by atomic mass is 19.4. The van der Waals surface area contributed by atoms with Crippen molar-refractivity contribution in [1.29, 1.82) is 0 Å². The molecule has 1 saturated carbocycles. The molecule has 1 amide bonds. The summed E-state index contributed by atoms with van der Waals surface area (Å²) < 4.78 is 44.8. The molecule has 24 heavy (non-hydrogen) atoms. The number of hydrogen-bond acceptors (Lipinski definition) is 4. The van der Waals surface area contributed by atoms with Gasteiger partial charge < -0.3 is 14.6 Å². The Morgan fingerprint density at radius 1 is 1.38 bits per heavy atom. The van der Waals surface area contributed by atoms with E-state index in [1.165, 1.54) is 12.1 Å². The van der Waals surface area contributed by atoms with Gasteiger partial charge >= 0.3 is 6.18 Å². The number of hydrogen-bond donors (Lipinski definition) is 1. The van der Waals surface area contributed by atoms with Crippen LogP contribution in [0.25, 0.3) is 11.1 Å². The van der Waals surface area contributed by atoms with Crippen molar-refractivity contribution in [3.8, 4) is 0 Å². The van der Waals surface area contributed by atoms with Gasteiger partial charge in [0.25, 0.3) is 11.9 Å². The van der Waals surface area contributed by atoms with Crippen molar-refractivity contribution in [3.05, 3.63) is 23.8 Å². The molecule has 5 nitrogen and oxygen atoms in total. The summed E-state index contributed by atoms with van der Waals surface area (Å²) >= 11 is 0. The second kappa shape index (κ2) is 5.68. The molecular formula is C16H18F3N3O2. The molecule has 0 spiro atoms. The van der Waals surface area contributed by atoms with Gasteiger partial charge in [-0.25, -0.2) is 0 Å². The summed E-state index contributed by atoms with van der Waals surface area (Å²) in [5, 5.41) is 2.41. The predicted octanol–water partition coefficient (Wildman–Crippen LogP) is 3.36. The molecule has 1 N–H and O–H groups in total. The van der Waals surface area contributed by atoms with Crippen molar-refractivity contribution >= 4 is 23.0 Å². The van der Waals surface area contributed by atoms with Gasteiger partial charge in [0.15, 0.2) is 5.58 Å². The molecule has 2 aromatic rings. The second-order valence-corrected chi connectivity index (χ2v) is 6.39. The third-order valence-corrected chi connectivity index (χ3v) is 4.52. The van der Waals surface area contributed by atoms with E-state index in [0.29, 0.717) is 23.5 Å². The van der Waals surface area contributed by atoms with E-state index in [0.717, 1.165) is 0 Å². The van der Waals surface area contributed by atoms with E-state index >= 15 is 0 Å². The fourth-order valence-electron chi connectivity index (χ4n) is 2.76. The van der Waals surface area contributed by atoms with Crippen molar-refractivity contribution in [2.45, 2.75) is 25.4 Å². The van der Waals surface area contributed by atoms with Crippen LogP contribution < -0.4 is 10.2 Å². The Morgan fingerprint density at radius 3 is 2.62 bits per heavy atom. The van der Waals surface area contributed by atoms with Gasteiger partial charge in [-0.1, -0.05) is 6.42 Å². The van der Waals surface area contributed by atoms with Crippen LogP contribution in [0.1, 0.15) is 29.6 Å². The highest BCUT2D eigenvalue weighted by Crippen LogP contribution is 2.52. The minimum absolute atomic E-state index is 0.0608. The Hall–Kier alpha value is -2.25. The van der Waals surface area contributed by atoms with E-state index < -0.39 is 24.0 Å². The van der Waals surface area contributed by atoms with Gasteiger partial charge in [0.05, 0.1) is 5.41 Å². The normalized spacial score (nSPS) is 16.7. The van der Waals surface area contributed by atoms with E-state index in [2.05, 4.69) is 10.3 Å². The Labute approximate surface area is 136 Å². The molecule has 1 heterocycles. The van der Waals surface area contributed by atoms with Crippen LogP contribution in [-0.2, 0) is 0 Å². The zero-order valence-electron chi connectivity index (χ0n) is 13.4. The number of halogens is 3. The van der Waals surface area contributed by atoms with Crippen LogP contribution >= 0.6 is 0 Å². The van der Waals surface area contributed by atoms with Crippen LogP contribution in [0.4, 0.5) is 19.2 Å². The summed E-state index contributed by atoms with van der Waals surface area (Å²) in [7, 11) is 3.54. The summed E-state index contributed by atoms with van der Waals surface area (Å²) in [5.41, 5.74) is -0.516. The van der Waals surface area contributed by atoms with Crippen molar-refractivity contribution < 1.29 is 22.4 Å². The maximum absolute atomic E-state index is 13.1. The predicted molar refractivity (Wildman–Crippen MR) is 83.0 cm³/mol. The molecule has 1 aromatic heterocycles. The van der Waals surface area contributed by atoms with Gasteiger partial charge in [-0.3, -0.25) is 4.79 Å². The summed E-state index contributed by atoms with van der Waals surface area (Å²) in [6, 6.07) is 5.02. The smallest absolute Gasteiger partial charge is 0.396 e. The lowest BCUT2D eigenvalue weighted by molar-refractivity contribution is -0.247. The van der Waals surface area contributed by atoms with E-state index in [9.17, 15) is 18.0 Å². The molecule has 3 rings (SSSR count). The number of anilines is 1. The average molecular weight is 341 g/mol. The molecule has 0 aliphatic heterocycles. The maximum Gasteiger partial charge on any atom is 0.396 e. The van der Waals surface area contributed by atoms with Gasteiger partial charge in [-0.15, -0.1) is 0 Å². The molecule has 1 aliphatic rings. The van der Waals surface area contributed by atoms with Crippen molar-refractivity contribution in [2.75, 3.05) is 25.5 Å². The van der Waals surface area contributed by atoms with E-state index in [1.807, 2.05) is 0 Å². The first-order chi connectivity index (χ1) is 11.2. The Bertz CT molecular complexity index is 764. The lowest BCUT2D eigenvalue weighted by atomic mass is 9.68. The van der Waals surface area contributed by atoms with Gasteiger partial charge in [0.2, 0.25) is 0 Å². The number of aromatic nitrogens is 1. The summed E-state index contributed by atoms with van der Waals surface area (Å²) in [4.78, 5) is 18.1. The number of rotatable bonds is 4. The summed E-state index contributed by atoms with van der Waals surface area (Å²) in [5.74, 6) is -0.540. The SMILES string of the molecule is CN(C)c1nc2cc(C(=O)NCC3(C(F)(F)F)CCC3)ccc2o1. The largest absolute Gasteiger partial charge is 0.423 e. The topological polar surface area (TPSA) is 58.4 Å². The zero-order chi connectivity index (χ0) is 17.5. The Balaban J connectivity index is 1.74. The van der Waals surface area contributed by atoms with E-state index in [-0.39, 0.29) is 18.4 Å².